The highest BCUT2D eigenvalue weighted by Gasteiger charge is 2.31. The van der Waals surface area contributed by atoms with Gasteiger partial charge in [0, 0.05) is 42.2 Å². The van der Waals surface area contributed by atoms with E-state index in [4.69, 9.17) is 0 Å². The Morgan fingerprint density at radius 3 is 3.09 bits per heavy atom. The third-order valence-corrected chi connectivity index (χ3v) is 7.76. The lowest BCUT2D eigenvalue weighted by atomic mass is 9.87. The zero-order valence-electron chi connectivity index (χ0n) is 18.9. The molecule has 2 N–H and O–H groups in total. The molecule has 0 spiro atoms. The van der Waals surface area contributed by atoms with Gasteiger partial charge >= 0.3 is 0 Å². The molecule has 34 heavy (non-hydrogen) atoms. The number of aromatic nitrogens is 6. The van der Waals surface area contributed by atoms with Gasteiger partial charge in [0.05, 0.1) is 29.3 Å². The number of anilines is 2. The second-order valence-corrected chi connectivity index (χ2v) is 9.87. The third kappa shape index (κ3) is 3.60. The molecule has 4 aromatic heterocycles. The fraction of sp³-hybridized carbons (Fsp3) is 0.292. The first-order chi connectivity index (χ1) is 16.6. The van der Waals surface area contributed by atoms with Gasteiger partial charge in [-0.1, -0.05) is 0 Å². The summed E-state index contributed by atoms with van der Waals surface area (Å²) in [6, 6.07) is 8.02. The molecule has 1 unspecified atom stereocenters. The van der Waals surface area contributed by atoms with Crippen LogP contribution < -0.4 is 5.32 Å². The highest BCUT2D eigenvalue weighted by Crippen LogP contribution is 2.41. The molecule has 0 radical (unpaired) electrons. The summed E-state index contributed by atoms with van der Waals surface area (Å²) in [7, 11) is 3.78. The van der Waals surface area contributed by atoms with Crippen LogP contribution in [0.2, 0.25) is 0 Å². The number of aromatic amines is 1. The largest absolute Gasteiger partial charge is 0.340 e. The number of carbonyl (C=O) groups excluding carboxylic acids is 1. The second-order valence-electron chi connectivity index (χ2n) is 8.78. The Labute approximate surface area is 199 Å². The molecule has 4 heterocycles. The summed E-state index contributed by atoms with van der Waals surface area (Å²) in [5, 5.41) is 16.9. The summed E-state index contributed by atoms with van der Waals surface area (Å²) in [5.41, 5.74) is 4.24. The van der Waals surface area contributed by atoms with Gasteiger partial charge in [-0.3, -0.25) is 14.6 Å². The predicted molar refractivity (Wildman–Crippen MR) is 132 cm³/mol. The molecule has 172 valence electrons. The molecule has 1 atom stereocenters. The number of nitrogens with zero attached hydrogens (tertiary/aromatic N) is 6. The van der Waals surface area contributed by atoms with Crippen LogP contribution in [0.25, 0.3) is 21.1 Å². The first kappa shape index (κ1) is 20.8. The number of H-pyrrole nitrogens is 1. The smallest absolute Gasteiger partial charge is 0.226 e. The average molecular weight is 473 g/mol. The van der Waals surface area contributed by atoms with E-state index >= 15 is 0 Å². The number of amides is 1. The monoisotopic (exact) mass is 472 g/mol. The molecule has 0 saturated heterocycles. The molecule has 0 aliphatic heterocycles. The molecule has 1 amide bonds. The van der Waals surface area contributed by atoms with Crippen molar-refractivity contribution in [2.45, 2.75) is 25.8 Å². The van der Waals surface area contributed by atoms with Crippen LogP contribution in [-0.2, 0) is 31.2 Å². The molecule has 6 rings (SSSR count). The van der Waals surface area contributed by atoms with Crippen molar-refractivity contribution in [3.63, 3.8) is 0 Å². The Morgan fingerprint density at radius 1 is 1.32 bits per heavy atom. The molecule has 9 nitrogen and oxygen atoms in total. The zero-order valence-corrected chi connectivity index (χ0v) is 19.8. The molecule has 1 aliphatic rings. The summed E-state index contributed by atoms with van der Waals surface area (Å²) in [5.74, 6) is 0.970. The summed E-state index contributed by atoms with van der Waals surface area (Å²) in [6.07, 6.45) is 7.58. The first-order valence-corrected chi connectivity index (χ1v) is 12.1. The second kappa shape index (κ2) is 8.21. The van der Waals surface area contributed by atoms with E-state index in [-0.39, 0.29) is 11.8 Å². The van der Waals surface area contributed by atoms with Crippen molar-refractivity contribution >= 4 is 49.9 Å². The van der Waals surface area contributed by atoms with Crippen molar-refractivity contribution in [1.29, 1.82) is 0 Å². The van der Waals surface area contributed by atoms with E-state index in [0.29, 0.717) is 6.54 Å². The Balaban J connectivity index is 1.25. The number of fused-ring (bicyclic) bond motifs is 4. The fourth-order valence-corrected chi connectivity index (χ4v) is 6.03. The molecule has 0 bridgehead atoms. The van der Waals surface area contributed by atoms with Gasteiger partial charge in [0.1, 0.15) is 17.0 Å². The van der Waals surface area contributed by atoms with Crippen LogP contribution in [-0.4, -0.2) is 47.8 Å². The fourth-order valence-electron chi connectivity index (χ4n) is 4.76. The molecule has 1 aromatic carbocycles. The van der Waals surface area contributed by atoms with Crippen molar-refractivity contribution in [1.82, 2.24) is 34.8 Å². The van der Waals surface area contributed by atoms with Crippen molar-refractivity contribution in [3.8, 4) is 0 Å². The van der Waals surface area contributed by atoms with Crippen molar-refractivity contribution < 1.29 is 4.79 Å². The van der Waals surface area contributed by atoms with Crippen molar-refractivity contribution in [3.05, 3.63) is 59.1 Å². The Kier molecular flexibility index (Phi) is 5.02. The number of benzene rings is 1. The summed E-state index contributed by atoms with van der Waals surface area (Å²) >= 11 is 1.68. The van der Waals surface area contributed by atoms with Gasteiger partial charge < -0.3 is 10.2 Å². The number of hydrogen-bond donors (Lipinski definition) is 2. The predicted octanol–water partition coefficient (Wildman–Crippen LogP) is 3.81. The maximum Gasteiger partial charge on any atom is 0.226 e. The summed E-state index contributed by atoms with van der Waals surface area (Å²) in [6.45, 7) is 0.561. The van der Waals surface area contributed by atoms with Gasteiger partial charge in [0.25, 0.3) is 0 Å². The van der Waals surface area contributed by atoms with Crippen LogP contribution in [0.1, 0.15) is 22.6 Å². The maximum atomic E-state index is 13.2. The van der Waals surface area contributed by atoms with Gasteiger partial charge in [-0.15, -0.1) is 11.3 Å². The first-order valence-electron chi connectivity index (χ1n) is 11.2. The van der Waals surface area contributed by atoms with Gasteiger partial charge in [0.2, 0.25) is 5.91 Å². The number of rotatable bonds is 5. The van der Waals surface area contributed by atoms with E-state index < -0.39 is 0 Å². The Morgan fingerprint density at radius 2 is 2.24 bits per heavy atom. The van der Waals surface area contributed by atoms with E-state index in [9.17, 15) is 4.79 Å². The van der Waals surface area contributed by atoms with Crippen molar-refractivity contribution in [2.24, 2.45) is 13.0 Å². The van der Waals surface area contributed by atoms with E-state index in [1.54, 1.807) is 23.9 Å². The molecular formula is C24H24N8OS. The standard InChI is InChI=1S/C24H24N8OS/c1-31(12-17-7-8-28-32(17)2)24(33)14-3-5-18-20(10-14)34-23-21(18)22(25-13-26-23)29-16-4-6-19-15(9-16)11-27-30-19/h4,6-9,11,13-14H,3,5,10,12H2,1-2H3,(H,27,30)(H,25,26,29). The topological polar surface area (TPSA) is 105 Å². The minimum absolute atomic E-state index is 0.0216. The van der Waals surface area contributed by atoms with E-state index in [1.165, 1.54) is 10.4 Å². The van der Waals surface area contributed by atoms with Crippen LogP contribution in [0.5, 0.6) is 0 Å². The molecule has 10 heteroatoms. The SMILES string of the molecule is CN(Cc1ccnn1C)C(=O)C1CCc2c(sc3ncnc(Nc4ccc5[nH]ncc5c4)c23)C1. The number of hydrogen-bond acceptors (Lipinski definition) is 7. The van der Waals surface area contributed by atoms with Crippen LogP contribution in [0.15, 0.2) is 43.0 Å². The molecule has 0 saturated carbocycles. The van der Waals surface area contributed by atoms with Crippen LogP contribution in [0, 0.1) is 5.92 Å². The van der Waals surface area contributed by atoms with Gasteiger partial charge in [-0.25, -0.2) is 9.97 Å². The van der Waals surface area contributed by atoms with E-state index in [1.807, 2.05) is 48.1 Å². The number of carbonyl (C=O) groups is 1. The molecular weight excluding hydrogens is 448 g/mol. The van der Waals surface area contributed by atoms with Gasteiger partial charge in [-0.2, -0.15) is 10.2 Å². The average Bonchev–Trinajstić information content (AvgIpc) is 3.56. The van der Waals surface area contributed by atoms with Crippen LogP contribution in [0.4, 0.5) is 11.5 Å². The normalized spacial score (nSPS) is 15.5. The number of thiophene rings is 1. The lowest BCUT2D eigenvalue weighted by Crippen LogP contribution is -2.35. The van der Waals surface area contributed by atoms with Crippen molar-refractivity contribution in [2.75, 3.05) is 12.4 Å². The summed E-state index contributed by atoms with van der Waals surface area (Å²) in [4.78, 5) is 26.3. The van der Waals surface area contributed by atoms with Crippen LogP contribution in [0.3, 0.4) is 0 Å². The highest BCUT2D eigenvalue weighted by molar-refractivity contribution is 7.19. The van der Waals surface area contributed by atoms with E-state index in [2.05, 4.69) is 36.6 Å². The lowest BCUT2D eigenvalue weighted by Gasteiger charge is -2.26. The Bertz CT molecular complexity index is 1520. The van der Waals surface area contributed by atoms with Crippen LogP contribution >= 0.6 is 11.3 Å². The quantitative estimate of drug-likeness (QED) is 0.403. The minimum Gasteiger partial charge on any atom is -0.340 e. The molecule has 0 fully saturated rings. The number of aryl methyl sites for hydroxylation is 2. The molecule has 5 aromatic rings. The van der Waals surface area contributed by atoms with Gasteiger partial charge in [-0.05, 0) is 49.1 Å². The lowest BCUT2D eigenvalue weighted by molar-refractivity contribution is -0.135. The zero-order chi connectivity index (χ0) is 23.2. The van der Waals surface area contributed by atoms with Gasteiger partial charge in [0.15, 0.2) is 0 Å². The minimum atomic E-state index is -0.0216. The third-order valence-electron chi connectivity index (χ3n) is 6.60. The van der Waals surface area contributed by atoms with E-state index in [0.717, 1.165) is 57.6 Å². The maximum absolute atomic E-state index is 13.2. The number of nitrogens with one attached hydrogen (secondary N) is 2. The highest BCUT2D eigenvalue weighted by atomic mass is 32.1. The summed E-state index contributed by atoms with van der Waals surface area (Å²) < 4.78 is 1.81. The molecule has 1 aliphatic carbocycles. The Hall–Kier alpha value is -3.79.